The average molecular weight is 528 g/mol. The van der Waals surface area contributed by atoms with Crippen LogP contribution in [-0.2, 0) is 30.5 Å². The molecule has 0 heterocycles. The van der Waals surface area contributed by atoms with Gasteiger partial charge in [-0.2, -0.15) is 0 Å². The minimum atomic E-state index is -3.05. The zero-order valence-electron chi connectivity index (χ0n) is 21.3. The molecule has 0 saturated heterocycles. The molecule has 0 bridgehead atoms. The van der Waals surface area contributed by atoms with Gasteiger partial charge < -0.3 is 25.8 Å². The van der Waals surface area contributed by atoms with Crippen LogP contribution in [-0.4, -0.2) is 59.3 Å². The number of amides is 3. The minimum Gasteiger partial charge on any atom is -0.475 e. The number of nitrogens with one attached hydrogen (secondary N) is 3. The maximum Gasteiger partial charge on any atom is 0.408 e. The Morgan fingerprint density at radius 3 is 2.00 bits per heavy atom. The predicted molar refractivity (Wildman–Crippen MR) is 130 cm³/mol. The molecule has 37 heavy (non-hydrogen) atoms. The van der Waals surface area contributed by atoms with Crippen LogP contribution in [0.15, 0.2) is 30.3 Å². The molecule has 0 aliphatic heterocycles. The Bertz CT molecular complexity index is 928. The molecule has 0 aromatic heterocycles. The lowest BCUT2D eigenvalue weighted by molar-refractivity contribution is -0.151. The third-order valence-electron chi connectivity index (χ3n) is 5.58. The molecule has 1 rings (SSSR count). The van der Waals surface area contributed by atoms with E-state index in [-0.39, 0.29) is 24.9 Å². The average Bonchev–Trinajstić information content (AvgIpc) is 2.84. The third kappa shape index (κ3) is 11.4. The molecular weight excluding hydrogens is 492 g/mol. The highest BCUT2D eigenvalue weighted by Crippen LogP contribution is 2.13. The number of alkyl halides is 2. The maximum atomic E-state index is 13.1. The van der Waals surface area contributed by atoms with Crippen molar-refractivity contribution in [3.8, 4) is 0 Å². The fourth-order valence-corrected chi connectivity index (χ4v) is 3.39. The van der Waals surface area contributed by atoms with Gasteiger partial charge in [0.15, 0.2) is 0 Å². The number of hydrogen-bond donors (Lipinski definition) is 4. The van der Waals surface area contributed by atoms with E-state index in [9.17, 15) is 32.8 Å². The minimum absolute atomic E-state index is 0.0248. The van der Waals surface area contributed by atoms with Crippen molar-refractivity contribution in [3.63, 3.8) is 0 Å². The smallest absolute Gasteiger partial charge is 0.408 e. The first-order chi connectivity index (χ1) is 17.3. The summed E-state index contributed by atoms with van der Waals surface area (Å²) in [7, 11) is 0. The molecule has 1 aromatic carbocycles. The lowest BCUT2D eigenvalue weighted by Gasteiger charge is -2.27. The van der Waals surface area contributed by atoms with E-state index in [1.165, 1.54) is 0 Å². The molecule has 3 amide bonds. The van der Waals surface area contributed by atoms with E-state index in [1.54, 1.807) is 52.0 Å². The second-order valence-corrected chi connectivity index (χ2v) is 9.12. The van der Waals surface area contributed by atoms with Gasteiger partial charge in [0.1, 0.15) is 24.7 Å². The molecule has 0 fully saturated rings. The Labute approximate surface area is 214 Å². The fraction of sp³-hybridized carbons (Fsp3) is 0.560. The fourth-order valence-electron chi connectivity index (χ4n) is 3.39. The molecule has 0 radical (unpaired) electrons. The van der Waals surface area contributed by atoms with Gasteiger partial charge in [-0.1, -0.05) is 64.4 Å². The maximum absolute atomic E-state index is 13.1. The number of ketones is 1. The molecule has 0 aliphatic carbocycles. The summed E-state index contributed by atoms with van der Waals surface area (Å²) in [5, 5.41) is 15.9. The highest BCUT2D eigenvalue weighted by Gasteiger charge is 2.34. The summed E-state index contributed by atoms with van der Waals surface area (Å²) in [5.74, 6) is -5.79. The van der Waals surface area contributed by atoms with Gasteiger partial charge >= 0.3 is 12.1 Å². The molecule has 1 unspecified atom stereocenters. The summed E-state index contributed by atoms with van der Waals surface area (Å²) in [5.41, 5.74) is 0.741. The number of benzene rings is 1. The largest absolute Gasteiger partial charge is 0.475 e. The molecule has 4 N–H and O–H groups in total. The van der Waals surface area contributed by atoms with Crippen LogP contribution in [0.2, 0.25) is 0 Å². The summed E-state index contributed by atoms with van der Waals surface area (Å²) in [6.07, 6.45) is -4.54. The van der Waals surface area contributed by atoms with Crippen molar-refractivity contribution in [2.45, 2.75) is 78.1 Å². The van der Waals surface area contributed by atoms with Crippen LogP contribution in [0, 0.1) is 11.8 Å². The van der Waals surface area contributed by atoms with E-state index in [1.807, 2.05) is 11.4 Å². The number of rotatable bonds is 15. The summed E-state index contributed by atoms with van der Waals surface area (Å²) in [6, 6.07) is 4.56. The molecule has 1 aromatic rings. The van der Waals surface area contributed by atoms with E-state index in [0.29, 0.717) is 6.42 Å². The Kier molecular flexibility index (Phi) is 13.2. The molecule has 206 valence electrons. The molecule has 12 heteroatoms. The number of alkyl carbamates (subject to hydrolysis) is 1. The van der Waals surface area contributed by atoms with E-state index in [4.69, 9.17) is 9.84 Å². The van der Waals surface area contributed by atoms with Crippen LogP contribution in [0.25, 0.3) is 0 Å². The number of carbonyl (C=O) groups excluding carboxylic acids is 4. The van der Waals surface area contributed by atoms with E-state index in [2.05, 4.69) is 10.6 Å². The second kappa shape index (κ2) is 15.5. The number of ether oxygens (including phenoxy) is 1. The van der Waals surface area contributed by atoms with Gasteiger partial charge in [-0.15, -0.1) is 0 Å². The number of carboxylic acid groups (broad SMARTS) is 1. The van der Waals surface area contributed by atoms with Crippen molar-refractivity contribution >= 4 is 29.7 Å². The Morgan fingerprint density at radius 2 is 1.49 bits per heavy atom. The Hall–Kier alpha value is -3.57. The van der Waals surface area contributed by atoms with Crippen LogP contribution in [0.1, 0.15) is 52.5 Å². The lowest BCUT2D eigenvalue weighted by atomic mass is 9.96. The standard InChI is InChI=1S/C25H35F2N3O7/c1-5-15(4)20(30-25(36)37-13-16-9-7-6-8-10-16)23(33)29-18(11-14(2)3)22(32)28-17(12-19(26)27)21(31)24(34)35/h6-10,14-15,17-20H,5,11-13H2,1-4H3,(H,28,32)(H,29,33)(H,30,36)(H,34,35)/t15?,17-,18-,20-/m0/s1. The Morgan fingerprint density at radius 1 is 0.892 bits per heavy atom. The number of carbonyl (C=O) groups is 5. The molecule has 4 atom stereocenters. The van der Waals surface area contributed by atoms with Crippen molar-refractivity contribution in [1.82, 2.24) is 16.0 Å². The van der Waals surface area contributed by atoms with Crippen LogP contribution < -0.4 is 16.0 Å². The van der Waals surface area contributed by atoms with Gasteiger partial charge in [0, 0.05) is 6.42 Å². The van der Waals surface area contributed by atoms with Gasteiger partial charge in [-0.3, -0.25) is 14.4 Å². The van der Waals surface area contributed by atoms with Gasteiger partial charge in [0.2, 0.25) is 18.2 Å². The van der Waals surface area contributed by atoms with Crippen LogP contribution in [0.4, 0.5) is 13.6 Å². The first-order valence-corrected chi connectivity index (χ1v) is 12.0. The van der Waals surface area contributed by atoms with Gasteiger partial charge in [-0.05, 0) is 23.8 Å². The molecule has 0 saturated carbocycles. The first-order valence-electron chi connectivity index (χ1n) is 12.0. The van der Waals surface area contributed by atoms with Crippen molar-refractivity contribution < 1.29 is 42.6 Å². The first kappa shape index (κ1) is 31.5. The van der Waals surface area contributed by atoms with Crippen LogP contribution in [0.5, 0.6) is 0 Å². The lowest BCUT2D eigenvalue weighted by Crippen LogP contribution is -2.58. The van der Waals surface area contributed by atoms with E-state index >= 15 is 0 Å². The van der Waals surface area contributed by atoms with E-state index < -0.39 is 60.6 Å². The summed E-state index contributed by atoms with van der Waals surface area (Å²) < 4.78 is 31.0. The quantitative estimate of drug-likeness (QED) is 0.256. The van der Waals surface area contributed by atoms with Crippen molar-refractivity contribution in [3.05, 3.63) is 35.9 Å². The zero-order chi connectivity index (χ0) is 28.1. The van der Waals surface area contributed by atoms with Gasteiger partial charge in [0.25, 0.3) is 5.78 Å². The van der Waals surface area contributed by atoms with E-state index in [0.717, 1.165) is 5.56 Å². The second-order valence-electron chi connectivity index (χ2n) is 9.12. The highest BCUT2D eigenvalue weighted by atomic mass is 19.3. The molecule has 0 spiro atoms. The summed E-state index contributed by atoms with van der Waals surface area (Å²) >= 11 is 0. The number of aliphatic carboxylic acids is 1. The number of carboxylic acids is 1. The number of halogens is 2. The number of hydrogen-bond acceptors (Lipinski definition) is 6. The SMILES string of the molecule is CCC(C)[C@H](NC(=O)OCc1ccccc1)C(=O)N[C@@H](CC(C)C)C(=O)N[C@@H](CC(F)F)C(=O)C(=O)O. The van der Waals surface area contributed by atoms with Crippen LogP contribution >= 0.6 is 0 Å². The zero-order valence-corrected chi connectivity index (χ0v) is 21.3. The molecule has 0 aliphatic rings. The summed E-state index contributed by atoms with van der Waals surface area (Å²) in [4.78, 5) is 61.2. The van der Waals surface area contributed by atoms with Gasteiger partial charge in [0.05, 0.1) is 0 Å². The highest BCUT2D eigenvalue weighted by molar-refractivity contribution is 6.35. The van der Waals surface area contributed by atoms with Crippen LogP contribution in [0.3, 0.4) is 0 Å². The number of Topliss-reactive ketones (excluding diaryl/α,β-unsaturated/α-hetero) is 1. The van der Waals surface area contributed by atoms with Gasteiger partial charge in [-0.25, -0.2) is 18.4 Å². The molecular formula is C25H35F2N3O7. The van der Waals surface area contributed by atoms with Crippen molar-refractivity contribution in [2.75, 3.05) is 0 Å². The Balaban J connectivity index is 2.98. The van der Waals surface area contributed by atoms with Crippen molar-refractivity contribution in [2.24, 2.45) is 11.8 Å². The monoisotopic (exact) mass is 527 g/mol. The topological polar surface area (TPSA) is 151 Å². The predicted octanol–water partition coefficient (Wildman–Crippen LogP) is 2.65. The molecule has 10 nitrogen and oxygen atoms in total. The third-order valence-corrected chi connectivity index (χ3v) is 5.58. The normalized spacial score (nSPS) is 14.3. The van der Waals surface area contributed by atoms with Crippen molar-refractivity contribution in [1.29, 1.82) is 0 Å². The summed E-state index contributed by atoms with van der Waals surface area (Å²) in [6.45, 7) is 6.98.